The van der Waals surface area contributed by atoms with E-state index in [9.17, 15) is 24.6 Å². The molecule has 1 aromatic carbocycles. The maximum absolute atomic E-state index is 12.1. The van der Waals surface area contributed by atoms with E-state index in [1.54, 1.807) is 6.92 Å². The Kier molecular flexibility index (Phi) is 6.43. The van der Waals surface area contributed by atoms with Gasteiger partial charge in [0, 0.05) is 6.04 Å². The first-order valence-corrected chi connectivity index (χ1v) is 8.63. The minimum atomic E-state index is -1.25. The fourth-order valence-corrected chi connectivity index (χ4v) is 2.80. The minimum absolute atomic E-state index is 0.0434. The number of imide groups is 1. The molecule has 142 valence electrons. The van der Waals surface area contributed by atoms with Crippen molar-refractivity contribution in [2.75, 3.05) is 0 Å². The van der Waals surface area contributed by atoms with E-state index in [2.05, 4.69) is 10.6 Å². The predicted molar refractivity (Wildman–Crippen MR) is 92.9 cm³/mol. The highest BCUT2D eigenvalue weighted by Gasteiger charge is 2.24. The summed E-state index contributed by atoms with van der Waals surface area (Å²) < 4.78 is 4.96. The molecule has 0 heterocycles. The molecule has 1 aliphatic carbocycles. The average molecular weight is 364 g/mol. The van der Waals surface area contributed by atoms with Crippen LogP contribution in [0, 0.1) is 6.92 Å². The van der Waals surface area contributed by atoms with Crippen LogP contribution in [0.1, 0.15) is 54.9 Å². The first kappa shape index (κ1) is 19.6. The maximum atomic E-state index is 12.1. The summed E-state index contributed by atoms with van der Waals surface area (Å²) in [5, 5.41) is 24.3. The number of phenolic OH excluding ortho intramolecular Hbond substituents is 2. The van der Waals surface area contributed by atoms with Crippen LogP contribution in [-0.2, 0) is 9.53 Å². The number of benzene rings is 1. The van der Waals surface area contributed by atoms with Gasteiger partial charge >= 0.3 is 12.0 Å². The van der Waals surface area contributed by atoms with Crippen LogP contribution in [0.2, 0.25) is 0 Å². The molecule has 1 aliphatic rings. The topological polar surface area (TPSA) is 125 Å². The lowest BCUT2D eigenvalue weighted by atomic mass is 9.96. The van der Waals surface area contributed by atoms with Crippen LogP contribution < -0.4 is 10.6 Å². The molecule has 26 heavy (non-hydrogen) atoms. The lowest BCUT2D eigenvalue weighted by Gasteiger charge is -2.23. The highest BCUT2D eigenvalue weighted by molar-refractivity contribution is 5.99. The van der Waals surface area contributed by atoms with Crippen molar-refractivity contribution in [2.45, 2.75) is 58.1 Å². The van der Waals surface area contributed by atoms with Crippen LogP contribution in [-0.4, -0.2) is 40.3 Å². The van der Waals surface area contributed by atoms with E-state index in [1.165, 1.54) is 19.1 Å². The molecule has 1 aromatic rings. The number of nitrogens with one attached hydrogen (secondary N) is 2. The lowest BCUT2D eigenvalue weighted by molar-refractivity contribution is -0.127. The standard InChI is InChI=1S/C18H24N2O6/c1-10-8-9-13(15(22)14(10)21)17(24)26-11(2)16(23)20-18(25)19-12-6-4-3-5-7-12/h8-9,11-12,21-22H,3-7H2,1-2H3,(H2,19,20,23,25). The molecule has 8 nitrogen and oxygen atoms in total. The quantitative estimate of drug-likeness (QED) is 0.479. The molecule has 0 bridgehead atoms. The number of aryl methyl sites for hydroxylation is 1. The van der Waals surface area contributed by atoms with Crippen molar-refractivity contribution >= 4 is 17.9 Å². The number of esters is 1. The van der Waals surface area contributed by atoms with E-state index < -0.39 is 35.5 Å². The summed E-state index contributed by atoms with van der Waals surface area (Å²) >= 11 is 0. The molecule has 1 unspecified atom stereocenters. The fraction of sp³-hybridized carbons (Fsp3) is 0.500. The van der Waals surface area contributed by atoms with Gasteiger partial charge in [0.2, 0.25) is 0 Å². The van der Waals surface area contributed by atoms with Gasteiger partial charge in [0.15, 0.2) is 17.6 Å². The molecule has 0 aliphatic heterocycles. The third-order valence-electron chi connectivity index (χ3n) is 4.40. The van der Waals surface area contributed by atoms with Gasteiger partial charge in [-0.3, -0.25) is 10.1 Å². The number of carbonyl (C=O) groups is 3. The van der Waals surface area contributed by atoms with E-state index in [-0.39, 0.29) is 11.6 Å². The summed E-state index contributed by atoms with van der Waals surface area (Å²) in [6.45, 7) is 2.87. The molecule has 1 saturated carbocycles. The van der Waals surface area contributed by atoms with E-state index >= 15 is 0 Å². The predicted octanol–water partition coefficient (Wildman–Crippen LogP) is 2.11. The van der Waals surface area contributed by atoms with Crippen LogP contribution >= 0.6 is 0 Å². The van der Waals surface area contributed by atoms with Gasteiger partial charge in [0.1, 0.15) is 5.56 Å². The highest BCUT2D eigenvalue weighted by Crippen LogP contribution is 2.32. The van der Waals surface area contributed by atoms with Crippen molar-refractivity contribution < 1.29 is 29.3 Å². The number of hydrogen-bond acceptors (Lipinski definition) is 6. The van der Waals surface area contributed by atoms with Gasteiger partial charge in [-0.05, 0) is 38.3 Å². The second kappa shape index (κ2) is 8.55. The fourth-order valence-electron chi connectivity index (χ4n) is 2.80. The molecule has 0 radical (unpaired) electrons. The maximum Gasteiger partial charge on any atom is 0.342 e. The smallest absolute Gasteiger partial charge is 0.342 e. The summed E-state index contributed by atoms with van der Waals surface area (Å²) in [6.07, 6.45) is 3.74. The van der Waals surface area contributed by atoms with Crippen LogP contribution in [0.4, 0.5) is 4.79 Å². The van der Waals surface area contributed by atoms with Gasteiger partial charge in [0.05, 0.1) is 0 Å². The second-order valence-corrected chi connectivity index (χ2v) is 6.47. The molecule has 0 aromatic heterocycles. The Morgan fingerprint density at radius 1 is 1.12 bits per heavy atom. The van der Waals surface area contributed by atoms with Gasteiger partial charge in [-0.25, -0.2) is 9.59 Å². The number of urea groups is 1. The summed E-state index contributed by atoms with van der Waals surface area (Å²) in [7, 11) is 0. The van der Waals surface area contributed by atoms with Crippen molar-refractivity contribution in [1.29, 1.82) is 0 Å². The Labute approximate surface area is 151 Å². The van der Waals surface area contributed by atoms with Crippen molar-refractivity contribution in [3.05, 3.63) is 23.3 Å². The molecule has 3 amide bonds. The highest BCUT2D eigenvalue weighted by atomic mass is 16.5. The first-order chi connectivity index (χ1) is 12.3. The van der Waals surface area contributed by atoms with Crippen LogP contribution in [0.15, 0.2) is 12.1 Å². The molecule has 0 saturated heterocycles. The molecule has 2 rings (SSSR count). The molecule has 0 spiro atoms. The second-order valence-electron chi connectivity index (χ2n) is 6.47. The average Bonchev–Trinajstić information content (AvgIpc) is 2.60. The van der Waals surface area contributed by atoms with Crippen LogP contribution in [0.25, 0.3) is 0 Å². The lowest BCUT2D eigenvalue weighted by Crippen LogP contribution is -2.48. The Bertz CT molecular complexity index is 697. The number of carbonyl (C=O) groups excluding carboxylic acids is 3. The zero-order chi connectivity index (χ0) is 19.3. The number of amides is 3. The van der Waals surface area contributed by atoms with Gasteiger partial charge < -0.3 is 20.3 Å². The summed E-state index contributed by atoms with van der Waals surface area (Å²) in [6, 6.07) is 2.14. The van der Waals surface area contributed by atoms with Crippen molar-refractivity contribution in [2.24, 2.45) is 0 Å². The van der Waals surface area contributed by atoms with E-state index in [0.717, 1.165) is 32.1 Å². The largest absolute Gasteiger partial charge is 0.504 e. The number of ether oxygens (including phenoxy) is 1. The minimum Gasteiger partial charge on any atom is -0.504 e. The molecular formula is C18H24N2O6. The van der Waals surface area contributed by atoms with E-state index in [1.807, 2.05) is 0 Å². The molecule has 4 N–H and O–H groups in total. The zero-order valence-corrected chi connectivity index (χ0v) is 14.9. The monoisotopic (exact) mass is 364 g/mol. The molecular weight excluding hydrogens is 340 g/mol. The van der Waals surface area contributed by atoms with Crippen LogP contribution in [0.5, 0.6) is 11.5 Å². The third-order valence-corrected chi connectivity index (χ3v) is 4.40. The Morgan fingerprint density at radius 2 is 1.77 bits per heavy atom. The van der Waals surface area contributed by atoms with Crippen LogP contribution in [0.3, 0.4) is 0 Å². The summed E-state index contributed by atoms with van der Waals surface area (Å²) in [4.78, 5) is 35.9. The number of rotatable bonds is 4. The van der Waals surface area contributed by atoms with E-state index in [0.29, 0.717) is 5.56 Å². The Morgan fingerprint density at radius 3 is 2.42 bits per heavy atom. The van der Waals surface area contributed by atoms with Gasteiger partial charge in [-0.1, -0.05) is 25.3 Å². The number of phenols is 2. The summed E-state index contributed by atoms with van der Waals surface area (Å²) in [5.74, 6) is -2.79. The SMILES string of the molecule is Cc1ccc(C(=O)OC(C)C(=O)NC(=O)NC2CCCCC2)c(O)c1O. The first-order valence-electron chi connectivity index (χ1n) is 8.63. The molecule has 8 heteroatoms. The number of hydrogen-bond donors (Lipinski definition) is 4. The summed E-state index contributed by atoms with van der Waals surface area (Å²) in [5.41, 5.74) is 0.128. The van der Waals surface area contributed by atoms with Crippen molar-refractivity contribution in [3.8, 4) is 11.5 Å². The number of aromatic hydroxyl groups is 2. The van der Waals surface area contributed by atoms with Gasteiger partial charge in [-0.2, -0.15) is 0 Å². The molecule has 1 fully saturated rings. The van der Waals surface area contributed by atoms with Crippen molar-refractivity contribution in [1.82, 2.24) is 10.6 Å². The van der Waals surface area contributed by atoms with Crippen molar-refractivity contribution in [3.63, 3.8) is 0 Å². The van der Waals surface area contributed by atoms with Gasteiger partial charge in [-0.15, -0.1) is 0 Å². The Hall–Kier alpha value is -2.77. The zero-order valence-electron chi connectivity index (χ0n) is 14.9. The normalized spacial score (nSPS) is 15.8. The Balaban J connectivity index is 1.89. The van der Waals surface area contributed by atoms with E-state index in [4.69, 9.17) is 4.74 Å². The van der Waals surface area contributed by atoms with Gasteiger partial charge in [0.25, 0.3) is 5.91 Å². The third kappa shape index (κ3) is 4.87. The molecule has 1 atom stereocenters.